The topological polar surface area (TPSA) is 122 Å². The fraction of sp³-hybridized carbons (Fsp3) is 0.688. The van der Waals surface area contributed by atoms with Crippen molar-refractivity contribution in [2.75, 3.05) is 33.9 Å². The van der Waals surface area contributed by atoms with Gasteiger partial charge in [0.05, 0.1) is 41.9 Å². The molecule has 4 heterocycles. The van der Waals surface area contributed by atoms with Crippen molar-refractivity contribution < 1.29 is 36.3 Å². The van der Waals surface area contributed by atoms with E-state index in [2.05, 4.69) is 20.6 Å². The summed E-state index contributed by atoms with van der Waals surface area (Å²) < 4.78 is 77.2. The van der Waals surface area contributed by atoms with Gasteiger partial charge in [-0.1, -0.05) is 0 Å². The number of aromatic nitrogens is 3. The minimum Gasteiger partial charge on any atom is -0.381 e. The van der Waals surface area contributed by atoms with E-state index in [9.17, 15) is 31.5 Å². The Morgan fingerprint density at radius 2 is 2.00 bits per heavy atom. The molecule has 2 saturated heterocycles. The summed E-state index contributed by atoms with van der Waals surface area (Å²) in [6.07, 6.45) is -0.700. The molecule has 15 heteroatoms. The standard InChI is InChI=1S/C32H40F5N7O3/c1-38-27(17-5-6-17)28(39-2)30(46)42-26(18-4-3-8-31(33,34)13-18)24-15-44-25(41-24)12-22(19-7-9-47-16-19)23(43-44)11-20-10-21(32(35,36)37)14-40-29(20)45/h12,15,17-21,26H,3-11,13-14,16H2,1-2H3,(H,40,45)(H,42,46)/t18-,19?,20+,21+,26-/m0/s1. The summed E-state index contributed by atoms with van der Waals surface area (Å²) in [5, 5.41) is 10.1. The van der Waals surface area contributed by atoms with Crippen LogP contribution in [0.4, 0.5) is 22.0 Å². The minimum atomic E-state index is -4.44. The van der Waals surface area contributed by atoms with Crippen LogP contribution in [0.5, 0.6) is 0 Å². The quantitative estimate of drug-likeness (QED) is 0.299. The lowest BCUT2D eigenvalue weighted by atomic mass is 9.80. The summed E-state index contributed by atoms with van der Waals surface area (Å²) in [6.45, 7) is 0.436. The van der Waals surface area contributed by atoms with Crippen LogP contribution in [-0.2, 0) is 20.7 Å². The van der Waals surface area contributed by atoms with Crippen molar-refractivity contribution in [3.63, 3.8) is 0 Å². The zero-order valence-corrected chi connectivity index (χ0v) is 26.5. The lowest BCUT2D eigenvalue weighted by Gasteiger charge is -2.34. The number of carbonyl (C=O) groups is 2. The Morgan fingerprint density at radius 1 is 1.21 bits per heavy atom. The van der Waals surface area contributed by atoms with Gasteiger partial charge in [0.1, 0.15) is 5.71 Å². The minimum absolute atomic E-state index is 0.0146. The second-order valence-electron chi connectivity index (χ2n) is 13.3. The average Bonchev–Trinajstić information content (AvgIpc) is 3.53. The number of hydrogen-bond acceptors (Lipinski definition) is 7. The van der Waals surface area contributed by atoms with Crippen molar-refractivity contribution in [2.45, 2.75) is 81.8 Å². The van der Waals surface area contributed by atoms with Gasteiger partial charge in [-0.3, -0.25) is 19.6 Å². The van der Waals surface area contributed by atoms with Gasteiger partial charge in [0.25, 0.3) is 5.91 Å². The maximum atomic E-state index is 14.7. The third-order valence-electron chi connectivity index (χ3n) is 9.96. The van der Waals surface area contributed by atoms with Gasteiger partial charge in [-0.05, 0) is 56.1 Å². The van der Waals surface area contributed by atoms with Crippen LogP contribution in [0.25, 0.3) is 5.65 Å². The van der Waals surface area contributed by atoms with Gasteiger partial charge in [0.2, 0.25) is 11.8 Å². The number of alkyl halides is 5. The molecule has 2 N–H and O–H groups in total. The highest BCUT2D eigenvalue weighted by Gasteiger charge is 2.45. The van der Waals surface area contributed by atoms with E-state index in [0.717, 1.165) is 18.4 Å². The number of ether oxygens (including phenoxy) is 1. The molecule has 0 spiro atoms. The van der Waals surface area contributed by atoms with Crippen LogP contribution in [-0.4, -0.2) is 83.8 Å². The van der Waals surface area contributed by atoms with Gasteiger partial charge in [-0.25, -0.2) is 18.3 Å². The van der Waals surface area contributed by atoms with E-state index in [-0.39, 0.29) is 43.2 Å². The Hall–Kier alpha value is -3.49. The zero-order valence-electron chi connectivity index (χ0n) is 26.5. The number of rotatable bonds is 9. The third-order valence-corrected chi connectivity index (χ3v) is 9.96. The molecule has 2 aromatic rings. The van der Waals surface area contributed by atoms with Crippen molar-refractivity contribution in [1.29, 1.82) is 0 Å². The summed E-state index contributed by atoms with van der Waals surface area (Å²) in [6, 6.07) is 0.901. The molecule has 10 nitrogen and oxygen atoms in total. The second kappa shape index (κ2) is 13.2. The summed E-state index contributed by atoms with van der Waals surface area (Å²) in [5.74, 6) is -7.05. The first-order valence-electron chi connectivity index (χ1n) is 16.3. The van der Waals surface area contributed by atoms with Crippen LogP contribution in [0.3, 0.4) is 0 Å². The highest BCUT2D eigenvalue weighted by molar-refractivity contribution is 6.67. The number of nitrogens with zero attached hydrogens (tertiary/aromatic N) is 5. The van der Waals surface area contributed by atoms with Gasteiger partial charge in [0, 0.05) is 64.3 Å². The van der Waals surface area contributed by atoms with E-state index in [0.29, 0.717) is 48.8 Å². The number of carbonyl (C=O) groups excluding carboxylic acids is 2. The number of hydrogen-bond donors (Lipinski definition) is 2. The lowest BCUT2D eigenvalue weighted by Crippen LogP contribution is -2.47. The molecule has 6 rings (SSSR count). The molecule has 2 aliphatic carbocycles. The van der Waals surface area contributed by atoms with Crippen molar-refractivity contribution in [3.8, 4) is 0 Å². The molecular weight excluding hydrogens is 625 g/mol. The smallest absolute Gasteiger partial charge is 0.381 e. The number of amides is 2. The number of fused-ring (bicyclic) bond motifs is 1. The summed E-state index contributed by atoms with van der Waals surface area (Å²) in [4.78, 5) is 39.6. The largest absolute Gasteiger partial charge is 0.393 e. The molecular formula is C32H40F5N7O3. The Kier molecular flexibility index (Phi) is 9.38. The Morgan fingerprint density at radius 3 is 2.64 bits per heavy atom. The predicted molar refractivity (Wildman–Crippen MR) is 163 cm³/mol. The fourth-order valence-corrected chi connectivity index (χ4v) is 7.30. The van der Waals surface area contributed by atoms with Crippen molar-refractivity contribution in [1.82, 2.24) is 25.2 Å². The third kappa shape index (κ3) is 7.34. The van der Waals surface area contributed by atoms with Gasteiger partial charge in [-0.15, -0.1) is 0 Å². The van der Waals surface area contributed by atoms with Gasteiger partial charge >= 0.3 is 6.18 Å². The molecule has 2 aromatic heterocycles. The molecule has 47 heavy (non-hydrogen) atoms. The van der Waals surface area contributed by atoms with Crippen LogP contribution in [0.15, 0.2) is 22.2 Å². The molecule has 0 aromatic carbocycles. The normalized spacial score (nSPS) is 27.9. The molecule has 256 valence electrons. The molecule has 2 amide bonds. The maximum Gasteiger partial charge on any atom is 0.393 e. The SMILES string of the molecule is CN=C(C(=O)N[C@H](c1cn2nc(C[C@H]3C[C@@H](C(F)(F)F)CNC3=O)c(C3CCOC3)cc2n1)[C@H]1CCCC(F)(F)C1)C(=NC)C1CC1. The van der Waals surface area contributed by atoms with Crippen LogP contribution in [0, 0.1) is 23.7 Å². The monoisotopic (exact) mass is 665 g/mol. The molecule has 0 bridgehead atoms. The molecule has 4 fully saturated rings. The highest BCUT2D eigenvalue weighted by atomic mass is 19.4. The molecule has 0 radical (unpaired) electrons. The molecule has 4 aliphatic rings. The first kappa shape index (κ1) is 33.4. The van der Waals surface area contributed by atoms with Gasteiger partial charge in [0.15, 0.2) is 5.65 Å². The number of nitrogens with one attached hydrogen (secondary N) is 2. The highest BCUT2D eigenvalue weighted by Crippen LogP contribution is 2.43. The zero-order chi connectivity index (χ0) is 33.5. The number of imidazole rings is 1. The maximum absolute atomic E-state index is 14.7. The summed E-state index contributed by atoms with van der Waals surface area (Å²) >= 11 is 0. The van der Waals surface area contributed by atoms with E-state index < -0.39 is 60.7 Å². The Labute approximate surface area is 269 Å². The van der Waals surface area contributed by atoms with Gasteiger partial charge < -0.3 is 15.4 Å². The number of halogens is 5. The van der Waals surface area contributed by atoms with E-state index in [1.54, 1.807) is 19.3 Å². The Bertz CT molecular complexity index is 1560. The van der Waals surface area contributed by atoms with E-state index in [1.165, 1.54) is 11.6 Å². The first-order valence-corrected chi connectivity index (χ1v) is 16.3. The number of piperidine rings is 1. The van der Waals surface area contributed by atoms with Gasteiger partial charge in [-0.2, -0.15) is 18.3 Å². The van der Waals surface area contributed by atoms with Crippen LogP contribution in [0.1, 0.15) is 80.3 Å². The molecule has 5 atom stereocenters. The van der Waals surface area contributed by atoms with E-state index >= 15 is 0 Å². The molecule has 1 unspecified atom stereocenters. The van der Waals surface area contributed by atoms with Crippen molar-refractivity contribution >= 4 is 28.9 Å². The van der Waals surface area contributed by atoms with E-state index in [4.69, 9.17) is 14.8 Å². The molecule has 2 aliphatic heterocycles. The first-order chi connectivity index (χ1) is 22.4. The summed E-state index contributed by atoms with van der Waals surface area (Å²) in [5.41, 5.74) is 2.67. The van der Waals surface area contributed by atoms with Crippen LogP contribution >= 0.6 is 0 Å². The fourth-order valence-electron chi connectivity index (χ4n) is 7.30. The summed E-state index contributed by atoms with van der Waals surface area (Å²) in [7, 11) is 3.10. The predicted octanol–water partition coefficient (Wildman–Crippen LogP) is 4.62. The van der Waals surface area contributed by atoms with Crippen molar-refractivity contribution in [2.24, 2.45) is 33.7 Å². The van der Waals surface area contributed by atoms with Crippen LogP contribution < -0.4 is 10.6 Å². The molecule has 2 saturated carbocycles. The second-order valence-corrected chi connectivity index (χ2v) is 13.3. The number of aliphatic imine (C=N–C) groups is 2. The lowest BCUT2D eigenvalue weighted by molar-refractivity contribution is -0.183. The van der Waals surface area contributed by atoms with Crippen LogP contribution in [0.2, 0.25) is 0 Å². The van der Waals surface area contributed by atoms with E-state index in [1.807, 2.05) is 0 Å². The average molecular weight is 666 g/mol. The van der Waals surface area contributed by atoms with Crippen molar-refractivity contribution in [3.05, 3.63) is 29.2 Å². The Balaban J connectivity index is 1.35.